The van der Waals surface area contributed by atoms with Gasteiger partial charge in [-0.25, -0.2) is 0 Å². The molecule has 2 aliphatic rings. The molecule has 0 saturated carbocycles. The Morgan fingerprint density at radius 3 is 2.57 bits per heavy atom. The molecule has 2 aromatic carbocycles. The van der Waals surface area contributed by atoms with Crippen molar-refractivity contribution in [2.24, 2.45) is 0 Å². The molecular weight excluding hydrogens is 380 g/mol. The highest BCUT2D eigenvalue weighted by Crippen LogP contribution is 2.36. The first-order valence-electron chi connectivity index (χ1n) is 10.5. The van der Waals surface area contributed by atoms with Crippen LogP contribution in [0.4, 0.5) is 0 Å². The number of hydrogen-bond donors (Lipinski definition) is 0. The van der Waals surface area contributed by atoms with Gasteiger partial charge in [-0.05, 0) is 24.3 Å². The Morgan fingerprint density at radius 1 is 1.10 bits per heavy atom. The number of fused-ring (bicyclic) bond motifs is 1. The smallest absolute Gasteiger partial charge is 0.219 e. The second-order valence-electron chi connectivity index (χ2n) is 8.22. The molecule has 2 aromatic rings. The Bertz CT molecular complexity index is 906. The maximum atomic E-state index is 12.3. The van der Waals surface area contributed by atoms with Crippen LogP contribution in [-0.4, -0.2) is 55.2 Å². The van der Waals surface area contributed by atoms with Gasteiger partial charge in [0.1, 0.15) is 22.8 Å². The van der Waals surface area contributed by atoms with Gasteiger partial charge in [-0.2, -0.15) is 0 Å². The third-order valence-electron chi connectivity index (χ3n) is 6.23. The molecular formula is C24H30N2O4. The first kappa shape index (κ1) is 20.5. The van der Waals surface area contributed by atoms with Gasteiger partial charge in [0.05, 0.1) is 20.8 Å². The molecule has 0 unspecified atom stereocenters. The predicted molar refractivity (Wildman–Crippen MR) is 115 cm³/mol. The van der Waals surface area contributed by atoms with E-state index in [0.717, 1.165) is 60.9 Å². The van der Waals surface area contributed by atoms with Crippen LogP contribution in [0.2, 0.25) is 0 Å². The minimum absolute atomic E-state index is 0.0956. The summed E-state index contributed by atoms with van der Waals surface area (Å²) < 4.78 is 17.5. The molecule has 0 bridgehead atoms. The molecule has 1 spiro atoms. The first-order chi connectivity index (χ1) is 14.5. The van der Waals surface area contributed by atoms with Crippen LogP contribution in [0.15, 0.2) is 42.5 Å². The van der Waals surface area contributed by atoms with E-state index < -0.39 is 0 Å². The van der Waals surface area contributed by atoms with Crippen LogP contribution < -0.4 is 14.2 Å². The highest BCUT2D eigenvalue weighted by atomic mass is 16.5. The van der Waals surface area contributed by atoms with E-state index in [1.165, 1.54) is 0 Å². The molecule has 160 valence electrons. The van der Waals surface area contributed by atoms with Crippen molar-refractivity contribution in [1.29, 1.82) is 0 Å². The lowest BCUT2D eigenvalue weighted by Gasteiger charge is -2.42. The maximum Gasteiger partial charge on any atom is 0.219 e. The van der Waals surface area contributed by atoms with Gasteiger partial charge in [-0.15, -0.1) is 0 Å². The lowest BCUT2D eigenvalue weighted by Crippen LogP contribution is -2.53. The number of rotatable bonds is 4. The molecule has 0 radical (unpaired) electrons. The minimum Gasteiger partial charge on any atom is -0.497 e. The summed E-state index contributed by atoms with van der Waals surface area (Å²) in [5.74, 6) is 2.71. The normalized spacial score (nSPS) is 18.3. The SMILES string of the molecule is COc1ccc(OC)c(CN2CCC3(CC2)CN(C(C)=O)Cc2ccccc2O3)c1. The molecule has 2 aliphatic heterocycles. The summed E-state index contributed by atoms with van der Waals surface area (Å²) in [5.41, 5.74) is 1.85. The van der Waals surface area contributed by atoms with Crippen molar-refractivity contribution in [3.05, 3.63) is 53.6 Å². The van der Waals surface area contributed by atoms with E-state index in [4.69, 9.17) is 14.2 Å². The van der Waals surface area contributed by atoms with Crippen molar-refractivity contribution >= 4 is 5.91 Å². The van der Waals surface area contributed by atoms with Gasteiger partial charge in [-0.3, -0.25) is 9.69 Å². The summed E-state index contributed by atoms with van der Waals surface area (Å²) in [6.07, 6.45) is 1.74. The van der Waals surface area contributed by atoms with Crippen LogP contribution in [0.25, 0.3) is 0 Å². The molecule has 6 heteroatoms. The van der Waals surface area contributed by atoms with E-state index >= 15 is 0 Å². The molecule has 0 aromatic heterocycles. The Kier molecular flexibility index (Phi) is 5.86. The van der Waals surface area contributed by atoms with Crippen molar-refractivity contribution in [3.63, 3.8) is 0 Å². The average molecular weight is 411 g/mol. The zero-order chi connectivity index (χ0) is 21.1. The van der Waals surface area contributed by atoms with Crippen molar-refractivity contribution < 1.29 is 19.0 Å². The van der Waals surface area contributed by atoms with Gasteiger partial charge < -0.3 is 19.1 Å². The fourth-order valence-corrected chi connectivity index (χ4v) is 4.46. The second kappa shape index (κ2) is 8.56. The Hall–Kier alpha value is -2.73. The zero-order valence-corrected chi connectivity index (χ0v) is 18.0. The topological polar surface area (TPSA) is 51.2 Å². The zero-order valence-electron chi connectivity index (χ0n) is 18.0. The summed E-state index contributed by atoms with van der Waals surface area (Å²) >= 11 is 0. The number of para-hydroxylation sites is 1. The quantitative estimate of drug-likeness (QED) is 0.773. The molecule has 6 nitrogen and oxygen atoms in total. The van der Waals surface area contributed by atoms with Gasteiger partial charge in [-0.1, -0.05) is 18.2 Å². The fourth-order valence-electron chi connectivity index (χ4n) is 4.46. The molecule has 30 heavy (non-hydrogen) atoms. The Labute approximate surface area is 178 Å². The number of hydrogen-bond acceptors (Lipinski definition) is 5. The number of piperidine rings is 1. The number of ether oxygens (including phenoxy) is 3. The maximum absolute atomic E-state index is 12.3. The van der Waals surface area contributed by atoms with E-state index in [9.17, 15) is 4.79 Å². The third kappa shape index (κ3) is 4.24. The number of carbonyl (C=O) groups excluding carboxylic acids is 1. The summed E-state index contributed by atoms with van der Waals surface area (Å²) in [7, 11) is 3.38. The first-order valence-corrected chi connectivity index (χ1v) is 10.5. The van der Waals surface area contributed by atoms with Crippen molar-refractivity contribution in [2.75, 3.05) is 33.9 Å². The van der Waals surface area contributed by atoms with Crippen LogP contribution in [0, 0.1) is 0 Å². The Morgan fingerprint density at radius 2 is 1.87 bits per heavy atom. The van der Waals surface area contributed by atoms with Crippen LogP contribution in [0.5, 0.6) is 17.2 Å². The van der Waals surface area contributed by atoms with E-state index in [2.05, 4.69) is 11.0 Å². The van der Waals surface area contributed by atoms with E-state index in [1.54, 1.807) is 21.1 Å². The standard InChI is InChI=1S/C24H30N2O4/c1-18(27)26-16-19-6-4-5-7-23(19)30-24(17-26)10-12-25(13-11-24)15-20-14-21(28-2)8-9-22(20)29-3/h4-9,14H,10-13,15-17H2,1-3H3. The summed E-state index contributed by atoms with van der Waals surface area (Å²) in [4.78, 5) is 16.6. The van der Waals surface area contributed by atoms with Gasteiger partial charge in [0, 0.05) is 57.1 Å². The molecule has 4 rings (SSSR count). The predicted octanol–water partition coefficient (Wildman–Crippen LogP) is 3.48. The number of benzene rings is 2. The van der Waals surface area contributed by atoms with Gasteiger partial charge in [0.15, 0.2) is 0 Å². The van der Waals surface area contributed by atoms with Crippen LogP contribution in [0.1, 0.15) is 30.9 Å². The highest BCUT2D eigenvalue weighted by Gasteiger charge is 2.41. The highest BCUT2D eigenvalue weighted by molar-refractivity contribution is 5.73. The second-order valence-corrected chi connectivity index (χ2v) is 8.22. The van der Waals surface area contributed by atoms with Gasteiger partial charge >= 0.3 is 0 Å². The third-order valence-corrected chi connectivity index (χ3v) is 6.23. The van der Waals surface area contributed by atoms with E-state index in [-0.39, 0.29) is 11.5 Å². The van der Waals surface area contributed by atoms with Gasteiger partial charge in [0.2, 0.25) is 5.91 Å². The number of methoxy groups -OCH3 is 2. The molecule has 2 heterocycles. The molecule has 0 atom stereocenters. The lowest BCUT2D eigenvalue weighted by molar-refractivity contribution is -0.132. The van der Waals surface area contributed by atoms with Crippen molar-refractivity contribution in [3.8, 4) is 17.2 Å². The molecule has 0 aliphatic carbocycles. The molecule has 1 amide bonds. The van der Waals surface area contributed by atoms with E-state index in [0.29, 0.717) is 13.1 Å². The fraction of sp³-hybridized carbons (Fsp3) is 0.458. The van der Waals surface area contributed by atoms with Crippen LogP contribution in [-0.2, 0) is 17.9 Å². The minimum atomic E-state index is -0.340. The van der Waals surface area contributed by atoms with Crippen LogP contribution >= 0.6 is 0 Å². The van der Waals surface area contributed by atoms with Crippen molar-refractivity contribution in [2.45, 2.75) is 38.5 Å². The van der Waals surface area contributed by atoms with E-state index in [1.807, 2.05) is 41.3 Å². The summed E-state index contributed by atoms with van der Waals surface area (Å²) in [5, 5.41) is 0. The lowest BCUT2D eigenvalue weighted by atomic mass is 9.90. The largest absolute Gasteiger partial charge is 0.497 e. The Balaban J connectivity index is 1.50. The summed E-state index contributed by atoms with van der Waals surface area (Å²) in [6.45, 7) is 5.48. The monoisotopic (exact) mass is 410 g/mol. The molecule has 1 saturated heterocycles. The van der Waals surface area contributed by atoms with Crippen molar-refractivity contribution in [1.82, 2.24) is 9.80 Å². The number of amides is 1. The molecule has 1 fully saturated rings. The summed E-state index contributed by atoms with van der Waals surface area (Å²) in [6, 6.07) is 14.0. The number of likely N-dealkylation sites (tertiary alicyclic amines) is 1. The number of nitrogens with zero attached hydrogens (tertiary/aromatic N) is 2. The number of carbonyl (C=O) groups is 1. The van der Waals surface area contributed by atoms with Gasteiger partial charge in [0.25, 0.3) is 0 Å². The molecule has 0 N–H and O–H groups in total. The van der Waals surface area contributed by atoms with Crippen LogP contribution in [0.3, 0.4) is 0 Å². The average Bonchev–Trinajstić information content (AvgIpc) is 2.92.